The van der Waals surface area contributed by atoms with Gasteiger partial charge in [-0.15, -0.1) is 0 Å². The van der Waals surface area contributed by atoms with E-state index in [4.69, 9.17) is 15.2 Å². The number of nitrogens with one attached hydrogen (secondary N) is 2. The van der Waals surface area contributed by atoms with E-state index in [1.165, 1.54) is 24.9 Å². The lowest BCUT2D eigenvalue weighted by Gasteiger charge is -2.36. The molecule has 1 saturated heterocycles. The van der Waals surface area contributed by atoms with Crippen LogP contribution in [0.15, 0.2) is 36.4 Å². The fourth-order valence-electron chi connectivity index (χ4n) is 5.32. The van der Waals surface area contributed by atoms with Gasteiger partial charge in [-0.25, -0.2) is 13.6 Å². The molecular weight excluding hydrogens is 576 g/mol. The first-order valence-corrected chi connectivity index (χ1v) is 14.5. The Bertz CT molecular complexity index is 1400. The molecule has 4 rings (SSSR count). The van der Waals surface area contributed by atoms with Crippen LogP contribution < -0.4 is 16.4 Å². The van der Waals surface area contributed by atoms with Gasteiger partial charge >= 0.3 is 6.09 Å². The Morgan fingerprint density at radius 2 is 1.73 bits per heavy atom. The maximum Gasteiger partial charge on any atom is 0.410 e. The first kappa shape index (κ1) is 32.6. The highest BCUT2D eigenvalue weighted by Gasteiger charge is 2.44. The van der Waals surface area contributed by atoms with Crippen molar-refractivity contribution < 1.29 is 37.4 Å². The number of fused-ring (bicyclic) bond motifs is 1. The summed E-state index contributed by atoms with van der Waals surface area (Å²) in [5.41, 5.74) is 6.01. The summed E-state index contributed by atoms with van der Waals surface area (Å²) in [5, 5.41) is 5.12. The summed E-state index contributed by atoms with van der Waals surface area (Å²) >= 11 is 0. The van der Waals surface area contributed by atoms with Gasteiger partial charge in [0.15, 0.2) is 0 Å². The van der Waals surface area contributed by atoms with Gasteiger partial charge in [-0.1, -0.05) is 12.1 Å². The van der Waals surface area contributed by atoms with E-state index >= 15 is 0 Å². The zero-order chi connectivity index (χ0) is 32.3. The Kier molecular flexibility index (Phi) is 9.77. The number of amides is 4. The summed E-state index contributed by atoms with van der Waals surface area (Å²) in [4.78, 5) is 56.5. The number of likely N-dealkylation sites (N-methyl/N-ethyl adjacent to an activating group) is 1. The summed E-state index contributed by atoms with van der Waals surface area (Å²) in [7, 11) is 1.42. The van der Waals surface area contributed by atoms with E-state index in [0.29, 0.717) is 42.9 Å². The van der Waals surface area contributed by atoms with Gasteiger partial charge in [0.1, 0.15) is 41.0 Å². The largest absolute Gasteiger partial charge is 0.444 e. The Morgan fingerprint density at radius 3 is 2.34 bits per heavy atom. The van der Waals surface area contributed by atoms with Crippen LogP contribution in [0.1, 0.15) is 57.7 Å². The second kappa shape index (κ2) is 13.2. The van der Waals surface area contributed by atoms with Crippen LogP contribution in [-0.4, -0.2) is 71.6 Å². The lowest BCUT2D eigenvalue weighted by molar-refractivity contribution is -0.144. The molecule has 4 N–H and O–H groups in total. The van der Waals surface area contributed by atoms with Crippen molar-refractivity contribution in [1.29, 1.82) is 0 Å². The Morgan fingerprint density at radius 1 is 1.09 bits per heavy atom. The number of anilines is 2. The molecule has 0 bridgehead atoms. The van der Waals surface area contributed by atoms with Gasteiger partial charge in [0.05, 0.1) is 0 Å². The van der Waals surface area contributed by atoms with Gasteiger partial charge in [0.2, 0.25) is 11.8 Å². The Labute approximate surface area is 255 Å². The number of halogens is 2. The normalized spacial score (nSPS) is 18.2. The topological polar surface area (TPSA) is 143 Å². The zero-order valence-corrected chi connectivity index (χ0v) is 25.5. The number of rotatable bonds is 7. The molecule has 2 aromatic carbocycles. The van der Waals surface area contributed by atoms with Crippen molar-refractivity contribution in [2.45, 2.75) is 70.8 Å². The van der Waals surface area contributed by atoms with Crippen LogP contribution >= 0.6 is 0 Å². The minimum absolute atomic E-state index is 0.0278. The number of para-hydroxylation sites is 1. The average molecular weight is 616 g/mol. The van der Waals surface area contributed by atoms with Crippen LogP contribution in [0, 0.1) is 17.6 Å². The molecule has 0 spiro atoms. The molecule has 11 nitrogen and oxygen atoms in total. The Balaban J connectivity index is 1.64. The highest BCUT2D eigenvalue weighted by Crippen LogP contribution is 2.38. The second-order valence-electron chi connectivity index (χ2n) is 12.1. The predicted octanol–water partition coefficient (Wildman–Crippen LogP) is 3.74. The number of nitrogen functional groups attached to an aromatic ring is 1. The van der Waals surface area contributed by atoms with Gasteiger partial charge in [-0.3, -0.25) is 19.3 Å². The molecule has 2 heterocycles. The molecule has 2 aliphatic heterocycles. The fourth-order valence-corrected chi connectivity index (χ4v) is 5.32. The third kappa shape index (κ3) is 7.26. The molecule has 2 aliphatic rings. The van der Waals surface area contributed by atoms with E-state index in [1.54, 1.807) is 39.0 Å². The summed E-state index contributed by atoms with van der Waals surface area (Å²) in [6, 6.07) is 4.64. The molecule has 44 heavy (non-hydrogen) atoms. The first-order chi connectivity index (χ1) is 20.7. The number of benzene rings is 2. The standard InChI is InChI=1S/C31H39F2N5O6/c1-17(37(5)30(42)44-31(2,3)4)27(39)35-24(18-11-13-43-14-12-18)29(41)38-16-19-15-20(34)9-10-21(19)26(38)28(40)36-25-22(32)7-6-8-23(25)33/h6-10,15,17-18,24,26H,11-14,16,34H2,1-5H3,(H,35,39)(H,36,40)/t17-,24-,26+/m0/s1. The highest BCUT2D eigenvalue weighted by molar-refractivity contribution is 6.00. The summed E-state index contributed by atoms with van der Waals surface area (Å²) < 4.78 is 39.8. The van der Waals surface area contributed by atoms with E-state index in [9.17, 15) is 28.0 Å². The molecule has 0 aliphatic carbocycles. The predicted molar refractivity (Wildman–Crippen MR) is 158 cm³/mol. The van der Waals surface area contributed by atoms with Crippen molar-refractivity contribution in [3.8, 4) is 0 Å². The number of ether oxygens (including phenoxy) is 2. The molecule has 238 valence electrons. The molecule has 13 heteroatoms. The van der Waals surface area contributed by atoms with Crippen molar-refractivity contribution >= 4 is 35.2 Å². The van der Waals surface area contributed by atoms with Crippen LogP contribution in [0.25, 0.3) is 0 Å². The highest BCUT2D eigenvalue weighted by atomic mass is 19.1. The molecule has 0 aromatic heterocycles. The minimum atomic E-state index is -1.27. The maximum atomic E-state index is 14.5. The van der Waals surface area contributed by atoms with E-state index in [2.05, 4.69) is 10.6 Å². The van der Waals surface area contributed by atoms with E-state index in [0.717, 1.165) is 17.0 Å². The monoisotopic (exact) mass is 615 g/mol. The molecule has 0 unspecified atom stereocenters. The molecular formula is C31H39F2N5O6. The van der Waals surface area contributed by atoms with Gasteiger partial charge in [0.25, 0.3) is 5.91 Å². The number of hydrogen-bond donors (Lipinski definition) is 3. The van der Waals surface area contributed by atoms with Crippen molar-refractivity contribution in [2.24, 2.45) is 5.92 Å². The molecule has 0 saturated carbocycles. The minimum Gasteiger partial charge on any atom is -0.444 e. The lowest BCUT2D eigenvalue weighted by atomic mass is 9.90. The second-order valence-corrected chi connectivity index (χ2v) is 12.1. The number of carbonyl (C=O) groups is 4. The van der Waals surface area contributed by atoms with Crippen LogP contribution in [0.5, 0.6) is 0 Å². The SMILES string of the molecule is C[C@@H](C(=O)N[C@H](C(=O)N1Cc2cc(N)ccc2[C@@H]1C(=O)Nc1c(F)cccc1F)C1CCOCC1)N(C)C(=O)OC(C)(C)C. The lowest BCUT2D eigenvalue weighted by Crippen LogP contribution is -2.57. The van der Waals surface area contributed by atoms with Gasteiger partial charge < -0.3 is 30.7 Å². The third-order valence-corrected chi connectivity index (χ3v) is 7.80. The van der Waals surface area contributed by atoms with Crippen molar-refractivity contribution in [1.82, 2.24) is 15.1 Å². The fraction of sp³-hybridized carbons (Fsp3) is 0.484. The molecule has 1 fully saturated rings. The van der Waals surface area contributed by atoms with Gasteiger partial charge in [-0.2, -0.15) is 0 Å². The molecule has 3 atom stereocenters. The summed E-state index contributed by atoms with van der Waals surface area (Å²) in [6.45, 7) is 7.34. The molecule has 0 radical (unpaired) electrons. The summed E-state index contributed by atoms with van der Waals surface area (Å²) in [5.74, 6) is -4.29. The van der Waals surface area contributed by atoms with Gasteiger partial charge in [0, 0.05) is 32.5 Å². The zero-order valence-electron chi connectivity index (χ0n) is 25.5. The van der Waals surface area contributed by atoms with Crippen LogP contribution in [0.3, 0.4) is 0 Å². The molecule has 4 amide bonds. The number of nitrogens with zero attached hydrogens (tertiary/aromatic N) is 2. The molecule has 2 aromatic rings. The smallest absolute Gasteiger partial charge is 0.410 e. The number of hydrogen-bond acceptors (Lipinski definition) is 7. The van der Waals surface area contributed by atoms with E-state index in [1.807, 2.05) is 0 Å². The number of nitrogens with two attached hydrogens (primary N) is 1. The van der Waals surface area contributed by atoms with Crippen LogP contribution in [0.2, 0.25) is 0 Å². The van der Waals surface area contributed by atoms with Crippen molar-refractivity contribution in [3.63, 3.8) is 0 Å². The maximum absolute atomic E-state index is 14.5. The summed E-state index contributed by atoms with van der Waals surface area (Å²) in [6.07, 6.45) is 0.203. The van der Waals surface area contributed by atoms with Gasteiger partial charge in [-0.05, 0) is 81.8 Å². The Hall–Kier alpha value is -4.26. The average Bonchev–Trinajstić information content (AvgIpc) is 3.34. The quantitative estimate of drug-likeness (QED) is 0.403. The van der Waals surface area contributed by atoms with Crippen molar-refractivity contribution in [3.05, 3.63) is 59.2 Å². The third-order valence-electron chi connectivity index (χ3n) is 7.80. The first-order valence-electron chi connectivity index (χ1n) is 14.5. The van der Waals surface area contributed by atoms with Crippen LogP contribution in [-0.2, 0) is 30.4 Å². The number of carbonyl (C=O) groups excluding carboxylic acids is 4. The van der Waals surface area contributed by atoms with Crippen LogP contribution in [0.4, 0.5) is 25.0 Å². The van der Waals surface area contributed by atoms with E-state index < -0.39 is 64.9 Å². The van der Waals surface area contributed by atoms with E-state index in [-0.39, 0.29) is 12.5 Å². The van der Waals surface area contributed by atoms with Crippen molar-refractivity contribution in [2.75, 3.05) is 31.3 Å².